The Bertz CT molecular complexity index is 652. The number of carbonyl (C=O) groups is 2. The Kier molecular flexibility index (Phi) is 2.15. The summed E-state index contributed by atoms with van der Waals surface area (Å²) in [5.41, 5.74) is -0.361. The summed E-state index contributed by atoms with van der Waals surface area (Å²) in [6.45, 7) is 2.56. The molecule has 0 aliphatic heterocycles. The minimum absolute atomic E-state index is 0.146. The smallest absolute Gasteiger partial charge is 0.271 e. The van der Waals surface area contributed by atoms with Crippen LogP contribution in [0.2, 0.25) is 0 Å². The van der Waals surface area contributed by atoms with Gasteiger partial charge in [0.05, 0.1) is 6.20 Å². The van der Waals surface area contributed by atoms with Crippen LogP contribution >= 0.6 is 0 Å². The summed E-state index contributed by atoms with van der Waals surface area (Å²) in [5.74, 6) is -0.780. The highest BCUT2D eigenvalue weighted by Gasteiger charge is 2.13. The van der Waals surface area contributed by atoms with Crippen LogP contribution in [0.25, 0.3) is 11.0 Å². The summed E-state index contributed by atoms with van der Waals surface area (Å²) >= 11 is 0. The van der Waals surface area contributed by atoms with Gasteiger partial charge in [0, 0.05) is 13.8 Å². The van der Waals surface area contributed by atoms with Crippen molar-refractivity contribution in [1.82, 2.24) is 19.3 Å². The van der Waals surface area contributed by atoms with Crippen LogP contribution in [-0.4, -0.2) is 31.1 Å². The molecule has 0 saturated heterocycles. The largest absolute Gasteiger partial charge is 0.274 e. The summed E-state index contributed by atoms with van der Waals surface area (Å²) in [5, 5.41) is 3.88. The lowest BCUT2D eigenvalue weighted by molar-refractivity contribution is 0.0922. The standard InChI is InChI=1S/C9H8N4O3/c1-5(14)12-4-10-8-7(9(12)16)3-11-13(8)6(2)15/h3-4H,1-2H3. The zero-order chi connectivity index (χ0) is 11.9. The number of nitrogens with zero attached hydrogens (tertiary/aromatic N) is 4. The van der Waals surface area contributed by atoms with Crippen LogP contribution in [0, 0.1) is 0 Å². The van der Waals surface area contributed by atoms with E-state index in [1.54, 1.807) is 0 Å². The normalized spacial score (nSPS) is 10.6. The zero-order valence-corrected chi connectivity index (χ0v) is 8.67. The van der Waals surface area contributed by atoms with Crippen molar-refractivity contribution >= 4 is 22.8 Å². The lowest BCUT2D eigenvalue weighted by Crippen LogP contribution is -2.25. The first-order valence-electron chi connectivity index (χ1n) is 4.49. The van der Waals surface area contributed by atoms with Gasteiger partial charge in [0.1, 0.15) is 11.7 Å². The van der Waals surface area contributed by atoms with Gasteiger partial charge in [-0.3, -0.25) is 14.4 Å². The monoisotopic (exact) mass is 220 g/mol. The van der Waals surface area contributed by atoms with E-state index in [0.717, 1.165) is 15.6 Å². The molecule has 0 spiro atoms. The number of rotatable bonds is 0. The molecule has 0 N–H and O–H groups in total. The molecule has 0 aliphatic rings. The van der Waals surface area contributed by atoms with Gasteiger partial charge in [-0.05, 0) is 0 Å². The highest BCUT2D eigenvalue weighted by Crippen LogP contribution is 2.04. The Labute approximate surface area is 89.3 Å². The summed E-state index contributed by atoms with van der Waals surface area (Å²) in [7, 11) is 0. The average molecular weight is 220 g/mol. The molecule has 2 heterocycles. The van der Waals surface area contributed by atoms with E-state index in [-0.39, 0.29) is 16.9 Å². The van der Waals surface area contributed by atoms with Gasteiger partial charge in [-0.25, -0.2) is 9.55 Å². The summed E-state index contributed by atoms with van der Waals surface area (Å²) in [4.78, 5) is 37.8. The van der Waals surface area contributed by atoms with Gasteiger partial charge in [-0.15, -0.1) is 0 Å². The van der Waals surface area contributed by atoms with Crippen molar-refractivity contribution in [2.24, 2.45) is 0 Å². The Morgan fingerprint density at radius 2 is 1.94 bits per heavy atom. The van der Waals surface area contributed by atoms with Crippen molar-refractivity contribution in [3.05, 3.63) is 22.9 Å². The molecule has 0 aromatic carbocycles. The minimum Gasteiger partial charge on any atom is -0.274 e. The van der Waals surface area contributed by atoms with E-state index < -0.39 is 11.5 Å². The highest BCUT2D eigenvalue weighted by molar-refractivity contribution is 5.88. The molecule has 16 heavy (non-hydrogen) atoms. The van der Waals surface area contributed by atoms with Crippen molar-refractivity contribution in [2.75, 3.05) is 0 Å². The van der Waals surface area contributed by atoms with Crippen molar-refractivity contribution < 1.29 is 9.59 Å². The van der Waals surface area contributed by atoms with E-state index in [1.807, 2.05) is 0 Å². The average Bonchev–Trinajstić information content (AvgIpc) is 2.61. The van der Waals surface area contributed by atoms with Gasteiger partial charge in [-0.1, -0.05) is 0 Å². The summed E-state index contributed by atoms with van der Waals surface area (Å²) in [6.07, 6.45) is 2.32. The first kappa shape index (κ1) is 10.2. The molecule has 0 atom stereocenters. The van der Waals surface area contributed by atoms with Crippen LogP contribution in [0.4, 0.5) is 0 Å². The molecule has 0 unspecified atom stereocenters. The van der Waals surface area contributed by atoms with Crippen LogP contribution in [0.3, 0.4) is 0 Å². The third-order valence-electron chi connectivity index (χ3n) is 2.13. The van der Waals surface area contributed by atoms with Crippen molar-refractivity contribution in [2.45, 2.75) is 13.8 Å². The van der Waals surface area contributed by atoms with E-state index in [4.69, 9.17) is 0 Å². The lowest BCUT2D eigenvalue weighted by Gasteiger charge is -1.99. The molecule has 2 aromatic heterocycles. The van der Waals surface area contributed by atoms with Crippen molar-refractivity contribution in [1.29, 1.82) is 0 Å². The fourth-order valence-corrected chi connectivity index (χ4v) is 1.37. The van der Waals surface area contributed by atoms with Gasteiger partial charge in [0.25, 0.3) is 5.56 Å². The molecule has 7 nitrogen and oxygen atoms in total. The third kappa shape index (κ3) is 1.33. The van der Waals surface area contributed by atoms with E-state index in [9.17, 15) is 14.4 Å². The Hall–Kier alpha value is -2.31. The Balaban J connectivity index is 2.84. The number of aromatic nitrogens is 4. The predicted molar refractivity (Wildman–Crippen MR) is 54.4 cm³/mol. The van der Waals surface area contributed by atoms with Gasteiger partial charge < -0.3 is 0 Å². The van der Waals surface area contributed by atoms with Crippen LogP contribution in [0.15, 0.2) is 17.3 Å². The molecule has 0 radical (unpaired) electrons. The van der Waals surface area contributed by atoms with Crippen molar-refractivity contribution in [3.63, 3.8) is 0 Å². The van der Waals surface area contributed by atoms with Crippen LogP contribution < -0.4 is 5.56 Å². The molecule has 0 bridgehead atoms. The maximum absolute atomic E-state index is 11.7. The summed E-state index contributed by atoms with van der Waals surface area (Å²) in [6, 6.07) is 0. The maximum Gasteiger partial charge on any atom is 0.271 e. The van der Waals surface area contributed by atoms with Crippen LogP contribution in [-0.2, 0) is 0 Å². The van der Waals surface area contributed by atoms with E-state index >= 15 is 0 Å². The van der Waals surface area contributed by atoms with Crippen LogP contribution in [0.1, 0.15) is 23.4 Å². The maximum atomic E-state index is 11.7. The molecule has 0 saturated carbocycles. The minimum atomic E-state index is -0.523. The Morgan fingerprint density at radius 3 is 2.50 bits per heavy atom. The second-order valence-electron chi connectivity index (χ2n) is 3.25. The fraction of sp³-hybridized carbons (Fsp3) is 0.222. The Morgan fingerprint density at radius 1 is 1.25 bits per heavy atom. The lowest BCUT2D eigenvalue weighted by atomic mass is 10.4. The first-order valence-corrected chi connectivity index (χ1v) is 4.49. The number of carbonyl (C=O) groups excluding carboxylic acids is 2. The number of fused-ring (bicyclic) bond motifs is 1. The summed E-state index contributed by atoms with van der Waals surface area (Å²) < 4.78 is 1.88. The molecular formula is C9H8N4O3. The number of hydrogen-bond acceptors (Lipinski definition) is 5. The quantitative estimate of drug-likeness (QED) is 0.619. The highest BCUT2D eigenvalue weighted by atomic mass is 16.2. The topological polar surface area (TPSA) is 86.8 Å². The first-order chi connectivity index (χ1) is 7.52. The molecule has 82 valence electrons. The van der Waals surface area contributed by atoms with Crippen molar-refractivity contribution in [3.8, 4) is 0 Å². The molecule has 2 aromatic rings. The van der Waals surface area contributed by atoms with E-state index in [0.29, 0.717) is 0 Å². The zero-order valence-electron chi connectivity index (χ0n) is 8.67. The van der Waals surface area contributed by atoms with Gasteiger partial charge in [0.15, 0.2) is 5.65 Å². The predicted octanol–water partition coefficient (Wildman–Crippen LogP) is -0.0868. The molecule has 0 aliphatic carbocycles. The van der Waals surface area contributed by atoms with Gasteiger partial charge in [0.2, 0.25) is 11.8 Å². The van der Waals surface area contributed by atoms with Crippen LogP contribution in [0.5, 0.6) is 0 Å². The second kappa shape index (κ2) is 3.37. The molecule has 7 heteroatoms. The molecular weight excluding hydrogens is 212 g/mol. The SMILES string of the molecule is CC(=O)n1cnc2c(cnn2C(C)=O)c1=O. The van der Waals surface area contributed by atoms with Gasteiger partial charge in [-0.2, -0.15) is 9.78 Å². The van der Waals surface area contributed by atoms with E-state index in [1.165, 1.54) is 20.0 Å². The van der Waals surface area contributed by atoms with E-state index in [2.05, 4.69) is 10.1 Å². The number of hydrogen-bond donors (Lipinski definition) is 0. The molecule has 0 fully saturated rings. The molecule has 0 amide bonds. The fourth-order valence-electron chi connectivity index (χ4n) is 1.37. The second-order valence-corrected chi connectivity index (χ2v) is 3.25. The van der Waals surface area contributed by atoms with Gasteiger partial charge >= 0.3 is 0 Å². The third-order valence-corrected chi connectivity index (χ3v) is 2.13. The molecule has 2 rings (SSSR count).